The Morgan fingerprint density at radius 1 is 1.50 bits per heavy atom. The maximum absolute atomic E-state index is 11.9. The summed E-state index contributed by atoms with van der Waals surface area (Å²) in [5.74, 6) is 0.403. The molecule has 4 nitrogen and oxygen atoms in total. The summed E-state index contributed by atoms with van der Waals surface area (Å²) in [7, 11) is 0. The van der Waals surface area contributed by atoms with Gasteiger partial charge in [0.1, 0.15) is 0 Å². The summed E-state index contributed by atoms with van der Waals surface area (Å²) in [5.41, 5.74) is 0. The minimum Gasteiger partial charge on any atom is -0.315 e. The molecule has 0 spiro atoms. The first-order valence-corrected chi connectivity index (χ1v) is 7.65. The summed E-state index contributed by atoms with van der Waals surface area (Å²) >= 11 is 11.4. The Bertz CT molecular complexity index is 218. The molecule has 1 unspecified atom stereocenters. The monoisotopic (exact) mass is 260 g/mol. The van der Waals surface area contributed by atoms with E-state index in [2.05, 4.69) is 5.32 Å². The van der Waals surface area contributed by atoms with Gasteiger partial charge >= 0.3 is 6.87 Å². The Balaban J connectivity index is 2.58. The molecule has 1 aliphatic heterocycles. The number of hydrogen-bond donors (Lipinski definition) is 1. The van der Waals surface area contributed by atoms with Crippen LogP contribution in [0.5, 0.6) is 0 Å². The van der Waals surface area contributed by atoms with Gasteiger partial charge in [0.2, 0.25) is 0 Å². The van der Waals surface area contributed by atoms with E-state index < -0.39 is 6.87 Å². The lowest BCUT2D eigenvalue weighted by atomic mass is 10.4. The summed E-state index contributed by atoms with van der Waals surface area (Å²) in [6, 6.07) is 0. The van der Waals surface area contributed by atoms with E-state index in [9.17, 15) is 4.57 Å². The van der Waals surface area contributed by atoms with Crippen LogP contribution in [-0.2, 0) is 9.09 Å². The molecule has 1 saturated heterocycles. The molecule has 0 radical (unpaired) electrons. The normalized spacial score (nSPS) is 31.9. The van der Waals surface area contributed by atoms with Gasteiger partial charge in [-0.05, 0) is 24.2 Å². The average Bonchev–Trinajstić information content (AvgIpc) is 2.20. The molecule has 0 aromatic rings. The molecule has 0 aromatic carbocycles. The lowest BCUT2D eigenvalue weighted by molar-refractivity contribution is 0.281. The van der Waals surface area contributed by atoms with Crippen LogP contribution in [0, 0.1) is 0 Å². The first kappa shape index (κ1) is 12.8. The molecule has 14 heavy (non-hydrogen) atoms. The number of nitrogens with zero attached hydrogens (tertiary/aromatic N) is 1. The maximum Gasteiger partial charge on any atom is 0.363 e. The minimum atomic E-state index is -3.13. The van der Waals surface area contributed by atoms with Crippen molar-refractivity contribution in [3.63, 3.8) is 0 Å². The number of rotatable bonds is 2. The van der Waals surface area contributed by atoms with Gasteiger partial charge < -0.3 is 9.84 Å². The fourth-order valence-corrected chi connectivity index (χ4v) is 3.42. The van der Waals surface area contributed by atoms with Crippen molar-refractivity contribution < 1.29 is 9.09 Å². The molecule has 1 atom stereocenters. The Morgan fingerprint density at radius 2 is 2.29 bits per heavy atom. The SMILES string of the molecule is O=P1(Cl)OCCCNCCN1CCCl. The van der Waals surface area contributed by atoms with E-state index in [4.69, 9.17) is 27.4 Å². The average molecular weight is 261 g/mol. The van der Waals surface area contributed by atoms with E-state index >= 15 is 0 Å². The molecule has 1 N–H and O–H groups in total. The van der Waals surface area contributed by atoms with Crippen molar-refractivity contribution in [3.05, 3.63) is 0 Å². The first-order chi connectivity index (χ1) is 6.67. The Kier molecular flexibility index (Phi) is 5.75. The zero-order chi connectivity index (χ0) is 10.4. The third-order valence-corrected chi connectivity index (χ3v) is 4.66. The summed E-state index contributed by atoms with van der Waals surface area (Å²) in [6.07, 6.45) is 0.825. The molecule has 0 bridgehead atoms. The standard InChI is InChI=1S/C7H15Cl2N2O2P/c8-2-5-11-6-4-10-3-1-7-13-14(11,9)12/h10H,1-7H2. The zero-order valence-electron chi connectivity index (χ0n) is 7.92. The van der Waals surface area contributed by atoms with Crippen molar-refractivity contribution in [2.45, 2.75) is 6.42 Å². The van der Waals surface area contributed by atoms with E-state index in [1.165, 1.54) is 0 Å². The van der Waals surface area contributed by atoms with Crippen LogP contribution in [0.15, 0.2) is 0 Å². The highest BCUT2D eigenvalue weighted by Crippen LogP contribution is 2.55. The Labute approximate surface area is 94.2 Å². The van der Waals surface area contributed by atoms with Gasteiger partial charge in [-0.15, -0.1) is 11.6 Å². The first-order valence-electron chi connectivity index (χ1n) is 4.63. The lowest BCUT2D eigenvalue weighted by Gasteiger charge is -2.24. The topological polar surface area (TPSA) is 41.6 Å². The number of alkyl halides is 1. The molecule has 0 amide bonds. The quantitative estimate of drug-likeness (QED) is 0.608. The summed E-state index contributed by atoms with van der Waals surface area (Å²) in [6.45, 7) is 0.0143. The second kappa shape index (κ2) is 6.31. The molecule has 1 rings (SSSR count). The van der Waals surface area contributed by atoms with Crippen LogP contribution in [0.4, 0.5) is 0 Å². The van der Waals surface area contributed by atoms with Gasteiger partial charge in [-0.25, -0.2) is 4.67 Å². The molecule has 0 aromatic heterocycles. The maximum atomic E-state index is 11.9. The van der Waals surface area contributed by atoms with E-state index in [0.29, 0.717) is 25.6 Å². The predicted octanol–water partition coefficient (Wildman–Crippen LogP) is 1.88. The van der Waals surface area contributed by atoms with Gasteiger partial charge in [-0.2, -0.15) is 0 Å². The highest BCUT2D eigenvalue weighted by molar-refractivity contribution is 7.83. The van der Waals surface area contributed by atoms with Crippen LogP contribution in [0.3, 0.4) is 0 Å². The highest BCUT2D eigenvalue weighted by atomic mass is 35.7. The number of nitrogens with one attached hydrogen (secondary N) is 1. The Morgan fingerprint density at radius 3 is 3.00 bits per heavy atom. The molecular formula is C7H15Cl2N2O2P. The summed E-state index contributed by atoms with van der Waals surface area (Å²) in [4.78, 5) is 0. The van der Waals surface area contributed by atoms with E-state index in [-0.39, 0.29) is 0 Å². The largest absolute Gasteiger partial charge is 0.363 e. The van der Waals surface area contributed by atoms with Crippen LogP contribution in [0.1, 0.15) is 6.42 Å². The zero-order valence-corrected chi connectivity index (χ0v) is 10.3. The minimum absolute atomic E-state index is 0.403. The third kappa shape index (κ3) is 4.05. The number of hydrogen-bond acceptors (Lipinski definition) is 3. The smallest absolute Gasteiger partial charge is 0.315 e. The molecule has 0 aliphatic carbocycles. The second-order valence-corrected chi connectivity index (χ2v) is 6.42. The molecule has 7 heteroatoms. The lowest BCUT2D eigenvalue weighted by Crippen LogP contribution is -2.29. The van der Waals surface area contributed by atoms with Crippen LogP contribution in [0.25, 0.3) is 0 Å². The van der Waals surface area contributed by atoms with E-state index in [0.717, 1.165) is 19.5 Å². The fraction of sp³-hybridized carbons (Fsp3) is 1.00. The van der Waals surface area contributed by atoms with Gasteiger partial charge in [0.05, 0.1) is 6.61 Å². The summed E-state index contributed by atoms with van der Waals surface area (Å²) < 4.78 is 18.6. The van der Waals surface area contributed by atoms with Crippen molar-refractivity contribution in [3.8, 4) is 0 Å². The summed E-state index contributed by atoms with van der Waals surface area (Å²) in [5, 5.41) is 3.21. The van der Waals surface area contributed by atoms with Crippen LogP contribution in [-0.4, -0.2) is 43.3 Å². The molecule has 1 fully saturated rings. The van der Waals surface area contributed by atoms with Crippen LogP contribution < -0.4 is 5.32 Å². The van der Waals surface area contributed by atoms with Crippen molar-refractivity contribution in [1.82, 2.24) is 9.99 Å². The predicted molar refractivity (Wildman–Crippen MR) is 59.2 cm³/mol. The molecular weight excluding hydrogens is 246 g/mol. The van der Waals surface area contributed by atoms with Gasteiger partial charge in [0.15, 0.2) is 0 Å². The highest BCUT2D eigenvalue weighted by Gasteiger charge is 2.29. The van der Waals surface area contributed by atoms with Crippen molar-refractivity contribution in [2.24, 2.45) is 0 Å². The van der Waals surface area contributed by atoms with Gasteiger partial charge in [-0.3, -0.25) is 4.57 Å². The molecule has 0 saturated carbocycles. The van der Waals surface area contributed by atoms with Crippen LogP contribution in [0.2, 0.25) is 0 Å². The van der Waals surface area contributed by atoms with Crippen molar-refractivity contribution in [2.75, 3.05) is 38.7 Å². The van der Waals surface area contributed by atoms with Crippen molar-refractivity contribution >= 4 is 29.7 Å². The molecule has 1 aliphatic rings. The second-order valence-electron chi connectivity index (χ2n) is 3.03. The number of halogens is 2. The van der Waals surface area contributed by atoms with Gasteiger partial charge in [-0.1, -0.05) is 0 Å². The van der Waals surface area contributed by atoms with Gasteiger partial charge in [0.25, 0.3) is 0 Å². The Hall–Kier alpha value is 0.690. The van der Waals surface area contributed by atoms with Crippen molar-refractivity contribution in [1.29, 1.82) is 0 Å². The van der Waals surface area contributed by atoms with E-state index in [1.54, 1.807) is 4.67 Å². The molecule has 84 valence electrons. The van der Waals surface area contributed by atoms with E-state index in [1.807, 2.05) is 0 Å². The fourth-order valence-electron chi connectivity index (χ4n) is 1.24. The third-order valence-electron chi connectivity index (χ3n) is 1.98. The molecule has 1 heterocycles. The van der Waals surface area contributed by atoms with Gasteiger partial charge in [0, 0.05) is 25.5 Å². The van der Waals surface area contributed by atoms with Crippen LogP contribution >= 0.6 is 29.7 Å².